The lowest BCUT2D eigenvalue weighted by atomic mass is 9.79. The predicted octanol–water partition coefficient (Wildman–Crippen LogP) is 10.7. The summed E-state index contributed by atoms with van der Waals surface area (Å²) in [6.45, 7) is 14.0. The molecule has 3 aromatic rings. The van der Waals surface area contributed by atoms with E-state index < -0.39 is 196 Å². The quantitative estimate of drug-likeness (QED) is 0.0666. The van der Waals surface area contributed by atoms with E-state index in [-0.39, 0.29) is 126 Å². The second-order valence-electron chi connectivity index (χ2n) is 26.1. The molecular weight excluding hydrogens is 1140 g/mol. The molecule has 9 rings (SSSR count). The molecule has 12 atom stereocenters. The minimum absolute atomic E-state index is 0.0183. The van der Waals surface area contributed by atoms with Crippen molar-refractivity contribution in [3.63, 3.8) is 0 Å². The molecule has 6 aliphatic heterocycles. The first kappa shape index (κ1) is 43.5. The standard InChI is InChI=1S/3C24H38N2O4/c3*1-14(2)9-17-13-26-8-7-16-10-21(28-5)22(29-6)11-18(16)19(26)12-20(17)30-24(27)23(25)15(3)4/h3*10-11,14-15,17,19-20,23H,7-9,12-13,25H2,1-6H3/t3*17?,19?,20?,23-/m000/s1/i5D3,7D2,8D2,10D,11D,20D;7D2,8D2,10D,11D,20D;5D3,7D2,8D2,10D,11D. The first-order valence-corrected chi connectivity index (χ1v) is 31.1. The van der Waals surface area contributed by atoms with Crippen molar-refractivity contribution in [3.8, 4) is 34.5 Å². The Morgan fingerprint density at radius 1 is 0.467 bits per heavy atom. The summed E-state index contributed by atoms with van der Waals surface area (Å²) in [6, 6.07) is -9.09. The van der Waals surface area contributed by atoms with E-state index >= 15 is 0 Å². The Kier molecular flexibility index (Phi) is 15.7. The van der Waals surface area contributed by atoms with Crippen LogP contribution >= 0.6 is 0 Å². The van der Waals surface area contributed by atoms with Gasteiger partial charge in [0.25, 0.3) is 0 Å². The Labute approximate surface area is 576 Å². The first-order chi connectivity index (χ1) is 52.8. The number of carbonyl (C=O) groups excluding carboxylic acids is 3. The Morgan fingerprint density at radius 3 is 1.07 bits per heavy atom. The van der Waals surface area contributed by atoms with Crippen LogP contribution in [0.4, 0.5) is 0 Å². The molecule has 3 fully saturated rings. The number of carbonyl (C=O) groups is 3. The number of rotatable bonds is 21. The van der Waals surface area contributed by atoms with E-state index in [1.807, 2.05) is 41.5 Å². The molecule has 6 aliphatic rings. The van der Waals surface area contributed by atoms with Crippen molar-refractivity contribution in [1.29, 1.82) is 0 Å². The van der Waals surface area contributed by atoms with Crippen molar-refractivity contribution in [2.45, 2.75) is 195 Å². The normalized spacial score (nSPS) is 34.4. The minimum Gasteiger partial charge on any atom is -0.493 e. The summed E-state index contributed by atoms with van der Waals surface area (Å²) < 4.78 is 271. The monoisotopic (exact) mass is 1280 g/mol. The molecule has 18 nitrogen and oxygen atoms in total. The number of esters is 3. The molecule has 3 saturated heterocycles. The van der Waals surface area contributed by atoms with Crippen LogP contribution in [0.5, 0.6) is 34.5 Å². The van der Waals surface area contributed by atoms with E-state index in [9.17, 15) is 17.1 Å². The Bertz CT molecular complexity index is 4100. The van der Waals surface area contributed by atoms with Gasteiger partial charge in [0.05, 0.1) is 61.7 Å². The molecule has 0 aliphatic carbocycles. The average Bonchev–Trinajstić information content (AvgIpc) is 0.701. The third kappa shape index (κ3) is 17.5. The predicted molar refractivity (Wildman–Crippen MR) is 353 cm³/mol. The van der Waals surface area contributed by atoms with Gasteiger partial charge in [-0.3, -0.25) is 29.1 Å². The van der Waals surface area contributed by atoms with E-state index in [0.717, 1.165) is 7.11 Å². The van der Waals surface area contributed by atoms with Gasteiger partial charge in [-0.2, -0.15) is 0 Å². The molecular formula is C72H114N6O12. The number of methoxy groups -OCH3 is 6. The van der Waals surface area contributed by atoms with E-state index in [4.69, 9.17) is 92.7 Å². The number of nitrogens with two attached hydrogens (primary N) is 3. The number of ether oxygens (including phenoxy) is 9. The van der Waals surface area contributed by atoms with Crippen LogP contribution in [0.2, 0.25) is 0 Å². The summed E-state index contributed by atoms with van der Waals surface area (Å²) in [4.78, 5) is 42.6. The highest BCUT2D eigenvalue weighted by atomic mass is 16.6. The van der Waals surface area contributed by atoms with Crippen molar-refractivity contribution < 1.29 is 92.7 Å². The summed E-state index contributed by atoms with van der Waals surface area (Å²) in [7, 11) is -1.20. The molecule has 6 N–H and O–H groups in total. The summed E-state index contributed by atoms with van der Waals surface area (Å²) >= 11 is 0. The molecule has 9 unspecified atom stereocenters. The summed E-state index contributed by atoms with van der Waals surface area (Å²) in [6.07, 6.45) is -12.1. The van der Waals surface area contributed by atoms with Gasteiger partial charge in [-0.05, 0) is 144 Å². The highest BCUT2D eigenvalue weighted by molar-refractivity contribution is 5.77. The number of benzene rings is 3. The lowest BCUT2D eigenvalue weighted by Gasteiger charge is -2.47. The molecule has 0 bridgehead atoms. The zero-order valence-corrected chi connectivity index (χ0v) is 55.1. The van der Waals surface area contributed by atoms with E-state index in [2.05, 4.69) is 0 Å². The van der Waals surface area contributed by atoms with Gasteiger partial charge >= 0.3 is 17.9 Å². The van der Waals surface area contributed by atoms with Crippen LogP contribution in [0.25, 0.3) is 0 Å². The Morgan fingerprint density at radius 2 is 0.756 bits per heavy atom. The third-order valence-corrected chi connectivity index (χ3v) is 16.9. The van der Waals surface area contributed by atoms with Gasteiger partial charge < -0.3 is 59.8 Å². The fraction of sp³-hybridized carbons (Fsp3) is 0.708. The molecule has 3 aromatic carbocycles. The zero-order chi connectivity index (χ0) is 88.8. The Balaban J connectivity index is 0.000000241. The largest absolute Gasteiger partial charge is 0.493 e. The molecule has 0 spiro atoms. The van der Waals surface area contributed by atoms with Crippen LogP contribution in [0.1, 0.15) is 209 Å². The van der Waals surface area contributed by atoms with Gasteiger partial charge in [-0.25, -0.2) is 0 Å². The lowest BCUT2D eigenvalue weighted by molar-refractivity contribution is -0.161. The van der Waals surface area contributed by atoms with Crippen molar-refractivity contribution in [2.24, 2.45) is 70.5 Å². The van der Waals surface area contributed by atoms with Gasteiger partial charge in [0.1, 0.15) is 36.4 Å². The van der Waals surface area contributed by atoms with Gasteiger partial charge in [0, 0.05) is 111 Å². The minimum atomic E-state index is -3.06. The van der Waals surface area contributed by atoms with Crippen LogP contribution in [0.15, 0.2) is 36.3 Å². The summed E-state index contributed by atoms with van der Waals surface area (Å²) in [5, 5.41) is 0. The van der Waals surface area contributed by atoms with Gasteiger partial charge in [-0.15, -0.1) is 0 Å². The van der Waals surface area contributed by atoms with Crippen molar-refractivity contribution in [1.82, 2.24) is 14.7 Å². The maximum Gasteiger partial charge on any atom is 0.323 e. The molecule has 6 heterocycles. The van der Waals surface area contributed by atoms with Crippen LogP contribution < -0.4 is 45.6 Å². The molecule has 90 heavy (non-hydrogen) atoms. The maximum atomic E-state index is 13.0. The van der Waals surface area contributed by atoms with E-state index in [1.54, 1.807) is 41.5 Å². The van der Waals surface area contributed by atoms with E-state index in [0.29, 0.717) is 19.3 Å². The van der Waals surface area contributed by atoms with Gasteiger partial charge in [0.15, 0.2) is 34.5 Å². The third-order valence-electron chi connectivity index (χ3n) is 16.9. The molecule has 0 aromatic heterocycles. The van der Waals surface area contributed by atoms with Crippen molar-refractivity contribution in [3.05, 3.63) is 69.6 Å². The molecule has 0 radical (unpaired) electrons. The number of fused-ring (bicyclic) bond motifs is 9. The summed E-state index contributed by atoms with van der Waals surface area (Å²) in [5.41, 5.74) is 16.6. The van der Waals surface area contributed by atoms with Crippen LogP contribution in [0.3, 0.4) is 0 Å². The molecule has 0 saturated carbocycles. The van der Waals surface area contributed by atoms with Crippen LogP contribution in [-0.4, -0.2) is 151 Å². The first-order valence-electron chi connectivity index (χ1n) is 44.1. The van der Waals surface area contributed by atoms with Crippen molar-refractivity contribution >= 4 is 17.9 Å². The summed E-state index contributed by atoms with van der Waals surface area (Å²) in [5.74, 6) is -6.68. The highest BCUT2D eigenvalue weighted by Gasteiger charge is 2.45. The molecule has 504 valence electrons. The van der Waals surface area contributed by atoms with E-state index in [1.165, 1.54) is 36.0 Å². The fourth-order valence-corrected chi connectivity index (χ4v) is 11.9. The highest BCUT2D eigenvalue weighted by Crippen LogP contribution is 2.48. The number of hydrogen-bond donors (Lipinski definition) is 3. The number of hydrogen-bond acceptors (Lipinski definition) is 18. The lowest BCUT2D eigenvalue weighted by Crippen LogP contribution is -2.51. The molecule has 0 amide bonds. The molecule has 18 heteroatoms. The number of piperidine rings is 3. The maximum absolute atomic E-state index is 13.0. The van der Waals surface area contributed by atoms with Gasteiger partial charge in [0.2, 0.25) is 0 Å². The second kappa shape index (κ2) is 32.5. The second-order valence-corrected chi connectivity index (χ2v) is 26.1. The van der Waals surface area contributed by atoms with Crippen LogP contribution in [0, 0.1) is 53.3 Å². The topological polar surface area (TPSA) is 222 Å². The smallest absolute Gasteiger partial charge is 0.323 e. The average molecular weight is 1280 g/mol. The SMILES string of the molecule is [2H]c1c(OC)c(OC([2H])([2H])[2H])c([2H])c2c1C1CC(OC(=O)[C@@H](N)C(C)C)C(CC(C)C)CN1C([2H])([2H])C2([2H])[2H].[2H]c1c(OC)c(OC([2H])([2H])[2H])c([2H])c2c1C1CC([2H])(OC(=O)[C@@H](N)C(C)C)C(CC(C)C)CN1C([2H])([2H])C2([2H])[2H].[2H]c1c(OC)c(OC)c([2H])c2c1C1CC([2H])(OC(=O)[C@@H](N)C(C)C)C(CC(C)C)CN1C([2H])([2H])C2([2H])[2H]. The zero-order valence-electron chi connectivity index (χ0n) is 81.1. The van der Waals surface area contributed by atoms with Crippen LogP contribution in [-0.2, 0) is 47.7 Å². The fourth-order valence-electron chi connectivity index (χ4n) is 11.9. The Hall–Kier alpha value is -5.37. The van der Waals surface area contributed by atoms with Crippen molar-refractivity contribution in [2.75, 3.05) is 81.6 Å². The number of nitrogens with zero attached hydrogens (tertiary/aromatic N) is 3. The van der Waals surface area contributed by atoms with Gasteiger partial charge in [-0.1, -0.05) is 83.1 Å².